The van der Waals surface area contributed by atoms with Crippen molar-refractivity contribution in [1.29, 1.82) is 0 Å². The molecule has 7 heteroatoms. The first-order chi connectivity index (χ1) is 13.7. The Labute approximate surface area is 177 Å². The summed E-state index contributed by atoms with van der Waals surface area (Å²) in [6.07, 6.45) is 1.83. The maximum Gasteiger partial charge on any atom is 0.414 e. The number of ether oxygens (including phenoxy) is 3. The van der Waals surface area contributed by atoms with E-state index in [1.165, 1.54) is 0 Å². The average molecular weight is 419 g/mol. The van der Waals surface area contributed by atoms with Crippen LogP contribution in [0.15, 0.2) is 54.6 Å². The second-order valence-electron chi connectivity index (χ2n) is 7.25. The molecule has 156 valence electrons. The molecule has 2 aliphatic heterocycles. The number of halogens is 1. The molecule has 2 saturated heterocycles. The van der Waals surface area contributed by atoms with E-state index in [0.717, 1.165) is 49.7 Å². The van der Waals surface area contributed by atoms with Gasteiger partial charge >= 0.3 is 6.09 Å². The van der Waals surface area contributed by atoms with Gasteiger partial charge in [-0.2, -0.15) is 0 Å². The number of methoxy groups -OCH3 is 1. The van der Waals surface area contributed by atoms with Crippen LogP contribution in [0.3, 0.4) is 0 Å². The molecule has 29 heavy (non-hydrogen) atoms. The quantitative estimate of drug-likeness (QED) is 0.710. The van der Waals surface area contributed by atoms with Crippen LogP contribution in [0.1, 0.15) is 12.8 Å². The van der Waals surface area contributed by atoms with Crippen LogP contribution in [0.25, 0.3) is 0 Å². The first-order valence-electron chi connectivity index (χ1n) is 9.77. The van der Waals surface area contributed by atoms with Gasteiger partial charge in [0.2, 0.25) is 0 Å². The number of para-hydroxylation sites is 1. The Morgan fingerprint density at radius 2 is 1.69 bits per heavy atom. The summed E-state index contributed by atoms with van der Waals surface area (Å²) in [7, 11) is 1.63. The first kappa shape index (κ1) is 21.3. The van der Waals surface area contributed by atoms with Gasteiger partial charge in [-0.25, -0.2) is 4.79 Å². The van der Waals surface area contributed by atoms with Crippen LogP contribution in [0.2, 0.25) is 0 Å². The summed E-state index contributed by atoms with van der Waals surface area (Å²) in [5.74, 6) is 1.70. The lowest BCUT2D eigenvalue weighted by atomic mass is 10.1. The molecule has 0 aliphatic carbocycles. The minimum Gasteiger partial charge on any atom is -0.497 e. The smallest absolute Gasteiger partial charge is 0.414 e. The number of nitrogens with zero attached hydrogens (tertiary/aromatic N) is 2. The Balaban J connectivity index is 0.00000240. The van der Waals surface area contributed by atoms with E-state index < -0.39 is 0 Å². The van der Waals surface area contributed by atoms with Crippen LogP contribution >= 0.6 is 12.4 Å². The van der Waals surface area contributed by atoms with E-state index in [2.05, 4.69) is 4.90 Å². The van der Waals surface area contributed by atoms with Crippen molar-refractivity contribution >= 4 is 24.2 Å². The van der Waals surface area contributed by atoms with Gasteiger partial charge in [-0.05, 0) is 49.2 Å². The second kappa shape index (κ2) is 9.85. The third-order valence-electron chi connectivity index (χ3n) is 5.30. The van der Waals surface area contributed by atoms with E-state index in [1.807, 2.05) is 54.6 Å². The van der Waals surface area contributed by atoms with Crippen LogP contribution < -0.4 is 14.4 Å². The zero-order valence-corrected chi connectivity index (χ0v) is 17.3. The fourth-order valence-electron chi connectivity index (χ4n) is 3.78. The van der Waals surface area contributed by atoms with Crippen LogP contribution in [0, 0.1) is 0 Å². The van der Waals surface area contributed by atoms with Crippen LogP contribution in [-0.4, -0.2) is 56.5 Å². The molecule has 2 aromatic carbocycles. The number of rotatable bonds is 6. The minimum absolute atomic E-state index is 0. The van der Waals surface area contributed by atoms with Gasteiger partial charge in [0.15, 0.2) is 0 Å². The number of carbonyl (C=O) groups excluding carboxylic acids is 1. The van der Waals surface area contributed by atoms with Gasteiger partial charge in [0, 0.05) is 25.3 Å². The Morgan fingerprint density at radius 1 is 1.00 bits per heavy atom. The highest BCUT2D eigenvalue weighted by Crippen LogP contribution is 2.25. The Bertz CT molecular complexity index is 779. The molecular formula is C22H27ClN2O4. The second-order valence-corrected chi connectivity index (χ2v) is 7.25. The number of cyclic esters (lactones) is 1. The van der Waals surface area contributed by atoms with Gasteiger partial charge in [-0.1, -0.05) is 18.2 Å². The third kappa shape index (κ3) is 5.34. The summed E-state index contributed by atoms with van der Waals surface area (Å²) in [5.41, 5.74) is 0.836. The molecule has 2 aromatic rings. The van der Waals surface area contributed by atoms with Crippen LogP contribution in [0.5, 0.6) is 11.5 Å². The Morgan fingerprint density at radius 3 is 2.34 bits per heavy atom. The zero-order chi connectivity index (χ0) is 19.3. The number of hydrogen-bond acceptors (Lipinski definition) is 5. The molecule has 2 aliphatic rings. The molecule has 1 amide bonds. The fourth-order valence-corrected chi connectivity index (χ4v) is 3.78. The molecule has 0 spiro atoms. The van der Waals surface area contributed by atoms with Crippen molar-refractivity contribution in [1.82, 2.24) is 4.90 Å². The van der Waals surface area contributed by atoms with Gasteiger partial charge in [-0.15, -0.1) is 12.4 Å². The minimum atomic E-state index is -0.280. The SMILES string of the molecule is COc1ccc(N2C[C@H](CN3CCC(Oc4ccccc4)CC3)OC2=O)cc1.Cl. The molecule has 0 bridgehead atoms. The van der Waals surface area contributed by atoms with Gasteiger partial charge in [0.25, 0.3) is 0 Å². The topological polar surface area (TPSA) is 51.2 Å². The fraction of sp³-hybridized carbons (Fsp3) is 0.409. The van der Waals surface area contributed by atoms with Crippen molar-refractivity contribution < 1.29 is 19.0 Å². The van der Waals surface area contributed by atoms with E-state index in [4.69, 9.17) is 14.2 Å². The Hall–Kier alpha value is -2.44. The van der Waals surface area contributed by atoms with Crippen LogP contribution in [-0.2, 0) is 4.74 Å². The lowest BCUT2D eigenvalue weighted by molar-refractivity contribution is 0.0655. The normalized spacial score (nSPS) is 20.1. The number of likely N-dealkylation sites (tertiary alicyclic amines) is 1. The van der Waals surface area contributed by atoms with Gasteiger partial charge in [0.05, 0.1) is 13.7 Å². The number of hydrogen-bond donors (Lipinski definition) is 0. The summed E-state index contributed by atoms with van der Waals surface area (Å²) in [5, 5.41) is 0. The van der Waals surface area contributed by atoms with E-state index in [9.17, 15) is 4.79 Å². The molecule has 1 atom stereocenters. The maximum atomic E-state index is 12.3. The monoisotopic (exact) mass is 418 g/mol. The molecule has 0 aromatic heterocycles. The van der Waals surface area contributed by atoms with E-state index >= 15 is 0 Å². The van der Waals surface area contributed by atoms with Crippen molar-refractivity contribution in [2.45, 2.75) is 25.0 Å². The van der Waals surface area contributed by atoms with E-state index in [0.29, 0.717) is 6.54 Å². The molecule has 0 radical (unpaired) electrons. The van der Waals surface area contributed by atoms with E-state index in [1.54, 1.807) is 12.0 Å². The van der Waals surface area contributed by atoms with Crippen molar-refractivity contribution in [2.24, 2.45) is 0 Å². The average Bonchev–Trinajstić information content (AvgIpc) is 3.10. The predicted molar refractivity (Wildman–Crippen MR) is 114 cm³/mol. The molecule has 0 N–H and O–H groups in total. The van der Waals surface area contributed by atoms with Crippen molar-refractivity contribution in [2.75, 3.05) is 38.2 Å². The molecule has 4 rings (SSSR count). The summed E-state index contributed by atoms with van der Waals surface area (Å²) >= 11 is 0. The first-order valence-corrected chi connectivity index (χ1v) is 9.77. The number of amides is 1. The van der Waals surface area contributed by atoms with Gasteiger partial charge in [-0.3, -0.25) is 9.80 Å². The van der Waals surface area contributed by atoms with Crippen molar-refractivity contribution in [3.63, 3.8) is 0 Å². The summed E-state index contributed by atoms with van der Waals surface area (Å²) in [6, 6.07) is 17.5. The third-order valence-corrected chi connectivity index (χ3v) is 5.30. The number of anilines is 1. The summed E-state index contributed by atoms with van der Waals surface area (Å²) < 4.78 is 16.8. The maximum absolute atomic E-state index is 12.3. The van der Waals surface area contributed by atoms with E-state index in [-0.39, 0.29) is 30.7 Å². The van der Waals surface area contributed by atoms with Crippen molar-refractivity contribution in [3.05, 3.63) is 54.6 Å². The predicted octanol–water partition coefficient (Wildman–Crippen LogP) is 3.99. The zero-order valence-electron chi connectivity index (χ0n) is 16.5. The highest BCUT2D eigenvalue weighted by Gasteiger charge is 2.34. The summed E-state index contributed by atoms with van der Waals surface area (Å²) in [6.45, 7) is 3.24. The number of benzene rings is 2. The lowest BCUT2D eigenvalue weighted by Crippen LogP contribution is -2.42. The molecule has 6 nitrogen and oxygen atoms in total. The molecule has 0 saturated carbocycles. The Kier molecular flexibility index (Phi) is 7.23. The molecule has 2 fully saturated rings. The number of carbonyl (C=O) groups is 1. The molecule has 0 unspecified atom stereocenters. The van der Waals surface area contributed by atoms with Gasteiger partial charge in [0.1, 0.15) is 23.7 Å². The molecular weight excluding hydrogens is 392 g/mol. The number of piperidine rings is 1. The van der Waals surface area contributed by atoms with Crippen LogP contribution in [0.4, 0.5) is 10.5 Å². The highest BCUT2D eigenvalue weighted by molar-refractivity contribution is 5.89. The van der Waals surface area contributed by atoms with Crippen molar-refractivity contribution in [3.8, 4) is 11.5 Å². The largest absolute Gasteiger partial charge is 0.497 e. The highest BCUT2D eigenvalue weighted by atomic mass is 35.5. The summed E-state index contributed by atoms with van der Waals surface area (Å²) in [4.78, 5) is 16.3. The molecule has 2 heterocycles. The van der Waals surface area contributed by atoms with Gasteiger partial charge < -0.3 is 14.2 Å². The lowest BCUT2D eigenvalue weighted by Gasteiger charge is -2.33. The standard InChI is InChI=1S/C22H26N2O4.ClH/c1-26-18-9-7-17(8-10-18)24-16-21(28-22(24)25)15-23-13-11-20(12-14-23)27-19-5-3-2-4-6-19;/h2-10,20-21H,11-16H2,1H3;1H/t21-;/m0./s1.